The molecule has 2 atom stereocenters. The SMILES string of the molecule is C=CC.CC.CCC.CO.O=C(NC1=NC2CCc3cc(F)ccc3C2C1)C1CCC(CNS(=O)(=O)c2ccccc2F)CC1. The number of aliphatic hydroxyl groups is 1. The molecule has 10 heteroatoms. The number of nitrogens with zero attached hydrogens (tertiary/aromatic N) is 1. The zero-order chi connectivity index (χ0) is 34.0. The molecule has 1 fully saturated rings. The van der Waals surface area contributed by atoms with E-state index in [1.807, 2.05) is 26.8 Å². The van der Waals surface area contributed by atoms with Crippen LogP contribution in [-0.2, 0) is 21.2 Å². The van der Waals surface area contributed by atoms with Gasteiger partial charge in [-0.25, -0.2) is 21.9 Å². The average molecular weight is 650 g/mol. The number of hydrogen-bond acceptors (Lipinski definition) is 5. The highest BCUT2D eigenvalue weighted by molar-refractivity contribution is 7.89. The number of halogens is 2. The third kappa shape index (κ3) is 12.1. The van der Waals surface area contributed by atoms with Crippen LogP contribution in [0.1, 0.15) is 96.6 Å². The summed E-state index contributed by atoms with van der Waals surface area (Å²) in [7, 11) is -2.91. The van der Waals surface area contributed by atoms with Crippen molar-refractivity contribution in [3.05, 3.63) is 77.9 Å². The fraction of sp³-hybridized carbons (Fsp3) is 0.543. The molecule has 2 aliphatic carbocycles. The molecule has 3 N–H and O–H groups in total. The molecule has 2 aromatic rings. The summed E-state index contributed by atoms with van der Waals surface area (Å²) in [6.07, 6.45) is 8.07. The van der Waals surface area contributed by atoms with Crippen LogP contribution in [0.4, 0.5) is 8.78 Å². The molecule has 0 aromatic heterocycles. The van der Waals surface area contributed by atoms with E-state index in [0.717, 1.165) is 37.1 Å². The molecule has 45 heavy (non-hydrogen) atoms. The number of nitrogens with one attached hydrogen (secondary N) is 2. The molecule has 252 valence electrons. The van der Waals surface area contributed by atoms with E-state index in [0.29, 0.717) is 37.9 Å². The van der Waals surface area contributed by atoms with Crippen molar-refractivity contribution in [1.29, 1.82) is 0 Å². The number of aliphatic imine (C=N–C) groups is 1. The van der Waals surface area contributed by atoms with E-state index < -0.39 is 15.8 Å². The van der Waals surface area contributed by atoms with E-state index in [1.54, 1.807) is 12.1 Å². The molecule has 2 aromatic carbocycles. The number of fused-ring (bicyclic) bond motifs is 3. The summed E-state index contributed by atoms with van der Waals surface area (Å²) in [5.74, 6) is -0.164. The Labute approximate surface area is 269 Å². The molecule has 0 radical (unpaired) electrons. The van der Waals surface area contributed by atoms with Gasteiger partial charge in [0.15, 0.2) is 0 Å². The molecule has 0 saturated heterocycles. The van der Waals surface area contributed by atoms with Crippen LogP contribution >= 0.6 is 0 Å². The Morgan fingerprint density at radius 2 is 1.64 bits per heavy atom. The van der Waals surface area contributed by atoms with E-state index >= 15 is 0 Å². The number of rotatable bonds is 5. The fourth-order valence-corrected chi connectivity index (χ4v) is 6.84. The lowest BCUT2D eigenvalue weighted by Crippen LogP contribution is -2.38. The van der Waals surface area contributed by atoms with Crippen LogP contribution in [0.25, 0.3) is 0 Å². The molecule has 1 amide bonds. The van der Waals surface area contributed by atoms with Gasteiger partial charge in [0, 0.05) is 31.9 Å². The molecule has 3 aliphatic rings. The Hall–Kier alpha value is -2.95. The molecule has 1 heterocycles. The largest absolute Gasteiger partial charge is 0.400 e. The number of carbonyl (C=O) groups is 1. The zero-order valence-corrected chi connectivity index (χ0v) is 28.6. The minimum atomic E-state index is -3.91. The number of sulfonamides is 1. The molecular formula is C35H53F2N3O4S. The van der Waals surface area contributed by atoms with Gasteiger partial charge >= 0.3 is 0 Å². The summed E-state index contributed by atoms with van der Waals surface area (Å²) in [6, 6.07) is 10.4. The van der Waals surface area contributed by atoms with Crippen molar-refractivity contribution in [3.8, 4) is 0 Å². The summed E-state index contributed by atoms with van der Waals surface area (Å²) in [5, 5.41) is 10.0. The number of aryl methyl sites for hydroxylation is 1. The summed E-state index contributed by atoms with van der Waals surface area (Å²) in [5.41, 5.74) is 2.17. The van der Waals surface area contributed by atoms with Gasteiger partial charge in [0.1, 0.15) is 22.4 Å². The van der Waals surface area contributed by atoms with Crippen molar-refractivity contribution >= 4 is 21.8 Å². The third-order valence-corrected chi connectivity index (χ3v) is 9.04. The van der Waals surface area contributed by atoms with Crippen LogP contribution in [0.15, 0.2) is 65.0 Å². The normalized spacial score (nSPS) is 21.1. The third-order valence-electron chi connectivity index (χ3n) is 7.59. The lowest BCUT2D eigenvalue weighted by atomic mass is 9.79. The van der Waals surface area contributed by atoms with E-state index in [-0.39, 0.29) is 47.0 Å². The fourth-order valence-electron chi connectivity index (χ4n) is 5.65. The van der Waals surface area contributed by atoms with Gasteiger partial charge in [-0.1, -0.05) is 58.4 Å². The monoisotopic (exact) mass is 649 g/mol. The van der Waals surface area contributed by atoms with Crippen LogP contribution in [0.3, 0.4) is 0 Å². The molecule has 1 aliphatic heterocycles. The number of allylic oxidation sites excluding steroid dienone is 1. The number of hydrogen-bond donors (Lipinski definition) is 3. The predicted molar refractivity (Wildman–Crippen MR) is 180 cm³/mol. The van der Waals surface area contributed by atoms with Gasteiger partial charge in [-0.2, -0.15) is 0 Å². The number of aliphatic hydroxyl groups excluding tert-OH is 1. The maximum atomic E-state index is 13.9. The van der Waals surface area contributed by atoms with Gasteiger partial charge in [0.2, 0.25) is 15.9 Å². The predicted octanol–water partition coefficient (Wildman–Crippen LogP) is 7.31. The number of benzene rings is 2. The molecule has 0 spiro atoms. The first-order valence-corrected chi connectivity index (χ1v) is 17.5. The van der Waals surface area contributed by atoms with E-state index in [1.165, 1.54) is 30.7 Å². The zero-order valence-electron chi connectivity index (χ0n) is 27.8. The highest BCUT2D eigenvalue weighted by Gasteiger charge is 2.36. The van der Waals surface area contributed by atoms with E-state index in [4.69, 9.17) is 10.1 Å². The molecular weight excluding hydrogens is 596 g/mol. The van der Waals surface area contributed by atoms with Crippen molar-refractivity contribution in [3.63, 3.8) is 0 Å². The smallest absolute Gasteiger partial charge is 0.243 e. The summed E-state index contributed by atoms with van der Waals surface area (Å²) < 4.78 is 54.8. The maximum absolute atomic E-state index is 13.9. The number of amides is 1. The first-order valence-electron chi connectivity index (χ1n) is 16.0. The minimum Gasteiger partial charge on any atom is -0.400 e. The molecule has 7 nitrogen and oxygen atoms in total. The Morgan fingerprint density at radius 1 is 1.04 bits per heavy atom. The van der Waals surface area contributed by atoms with Crippen LogP contribution in [-0.4, -0.2) is 45.0 Å². The maximum Gasteiger partial charge on any atom is 0.243 e. The van der Waals surface area contributed by atoms with Gasteiger partial charge in [-0.3, -0.25) is 9.79 Å². The van der Waals surface area contributed by atoms with Gasteiger partial charge in [-0.15, -0.1) is 6.58 Å². The quantitative estimate of drug-likeness (QED) is 0.295. The van der Waals surface area contributed by atoms with Crippen molar-refractivity contribution in [2.75, 3.05) is 13.7 Å². The van der Waals surface area contributed by atoms with Crippen molar-refractivity contribution in [2.45, 2.75) is 103 Å². The Balaban J connectivity index is 0.000000909. The summed E-state index contributed by atoms with van der Waals surface area (Å²) in [6.45, 7) is 13.7. The molecule has 5 rings (SSSR count). The first kappa shape index (κ1) is 40.1. The second kappa shape index (κ2) is 21.0. The van der Waals surface area contributed by atoms with E-state index in [9.17, 15) is 22.0 Å². The van der Waals surface area contributed by atoms with Gasteiger partial charge in [-0.05, 0) is 86.8 Å². The number of amidine groups is 1. The Kier molecular flexibility index (Phi) is 18.7. The van der Waals surface area contributed by atoms with Crippen molar-refractivity contribution in [2.24, 2.45) is 16.8 Å². The summed E-state index contributed by atoms with van der Waals surface area (Å²) >= 11 is 0. The average Bonchev–Trinajstić information content (AvgIpc) is 3.46. The van der Waals surface area contributed by atoms with Gasteiger partial charge < -0.3 is 10.4 Å². The summed E-state index contributed by atoms with van der Waals surface area (Å²) in [4.78, 5) is 17.3. The molecule has 0 bridgehead atoms. The first-order chi connectivity index (χ1) is 21.6. The Morgan fingerprint density at radius 3 is 2.24 bits per heavy atom. The Bertz CT molecular complexity index is 1330. The molecule has 1 saturated carbocycles. The second-order valence-electron chi connectivity index (χ2n) is 10.9. The van der Waals surface area contributed by atoms with Crippen LogP contribution in [0.2, 0.25) is 0 Å². The minimum absolute atomic E-state index is 0.0351. The topological polar surface area (TPSA) is 108 Å². The lowest BCUT2D eigenvalue weighted by Gasteiger charge is -2.28. The standard InChI is InChI=1S/C26H29F2N3O3S.C3H8.C3H6.C2H6.CH4O/c27-19-10-11-20-18(13-19)9-12-23-21(20)14-25(30-23)31-26(32)17-7-5-16(6-8-17)15-29-35(33,34)24-4-2-1-3-22(24)28;2*1-3-2;2*1-2/h1-4,10-11,13,16-17,21,23,29H,5-9,12,14-15H2,(H,30,31,32);3H2,1-2H3;3H,1H2,2H3;1-2H3;2H,1H3. The van der Waals surface area contributed by atoms with Gasteiger partial charge in [0.25, 0.3) is 0 Å². The molecule has 2 unspecified atom stereocenters. The van der Waals surface area contributed by atoms with Crippen LogP contribution < -0.4 is 10.0 Å². The highest BCUT2D eigenvalue weighted by Crippen LogP contribution is 2.40. The van der Waals surface area contributed by atoms with Crippen molar-refractivity contribution < 1.29 is 27.1 Å². The van der Waals surface area contributed by atoms with Crippen LogP contribution in [0.5, 0.6) is 0 Å². The lowest BCUT2D eigenvalue weighted by molar-refractivity contribution is -0.124. The van der Waals surface area contributed by atoms with Crippen LogP contribution in [0, 0.1) is 23.5 Å². The second-order valence-corrected chi connectivity index (χ2v) is 12.7. The van der Waals surface area contributed by atoms with Gasteiger partial charge in [0.05, 0.1) is 6.04 Å². The highest BCUT2D eigenvalue weighted by atomic mass is 32.2. The van der Waals surface area contributed by atoms with E-state index in [2.05, 4.69) is 30.5 Å². The number of carbonyl (C=O) groups excluding carboxylic acids is 1. The van der Waals surface area contributed by atoms with Crippen molar-refractivity contribution in [1.82, 2.24) is 10.0 Å².